The van der Waals surface area contributed by atoms with Crippen LogP contribution in [0.25, 0.3) is 0 Å². The second-order valence-corrected chi connectivity index (χ2v) is 5.63. The van der Waals surface area contributed by atoms with Gasteiger partial charge in [-0.1, -0.05) is 24.6 Å². The molecular formula is C17H26O3. The van der Waals surface area contributed by atoms with E-state index in [4.69, 9.17) is 4.74 Å². The highest BCUT2D eigenvalue weighted by Gasteiger charge is 2.40. The van der Waals surface area contributed by atoms with Gasteiger partial charge in [-0.25, -0.2) is 0 Å². The molecule has 0 heterocycles. The molecule has 3 heteroatoms. The van der Waals surface area contributed by atoms with Crippen LogP contribution in [0, 0.1) is 26.7 Å². The van der Waals surface area contributed by atoms with Gasteiger partial charge in [0.25, 0.3) is 0 Å². The SMILES string of the molecule is CCOC(=O)C(CC)C(C)(O)c1c(C)cc(C)cc1C. The van der Waals surface area contributed by atoms with Crippen molar-refractivity contribution in [2.45, 2.75) is 53.6 Å². The molecule has 2 unspecified atom stereocenters. The van der Waals surface area contributed by atoms with Crippen molar-refractivity contribution in [1.82, 2.24) is 0 Å². The van der Waals surface area contributed by atoms with Gasteiger partial charge < -0.3 is 9.84 Å². The number of rotatable bonds is 5. The summed E-state index contributed by atoms with van der Waals surface area (Å²) in [5.41, 5.74) is 2.79. The lowest BCUT2D eigenvalue weighted by molar-refractivity contribution is -0.158. The average molecular weight is 278 g/mol. The largest absolute Gasteiger partial charge is 0.466 e. The third-order valence-electron chi connectivity index (χ3n) is 3.84. The molecule has 0 amide bonds. The lowest BCUT2D eigenvalue weighted by atomic mass is 9.77. The lowest BCUT2D eigenvalue weighted by Gasteiger charge is -2.34. The number of aliphatic hydroxyl groups is 1. The number of esters is 1. The number of aryl methyl sites for hydroxylation is 3. The van der Waals surface area contributed by atoms with Crippen molar-refractivity contribution >= 4 is 5.97 Å². The van der Waals surface area contributed by atoms with Gasteiger partial charge in [0.2, 0.25) is 0 Å². The Morgan fingerprint density at radius 3 is 2.15 bits per heavy atom. The summed E-state index contributed by atoms with van der Waals surface area (Å²) in [6.45, 7) is 11.7. The number of carbonyl (C=O) groups is 1. The van der Waals surface area contributed by atoms with Gasteiger partial charge in [0.05, 0.1) is 12.5 Å². The maximum absolute atomic E-state index is 12.1. The summed E-state index contributed by atoms with van der Waals surface area (Å²) < 4.78 is 5.11. The molecule has 2 atom stereocenters. The predicted molar refractivity (Wildman–Crippen MR) is 80.6 cm³/mol. The van der Waals surface area contributed by atoms with Crippen LogP contribution in [0.1, 0.15) is 49.4 Å². The van der Waals surface area contributed by atoms with Crippen molar-refractivity contribution in [3.05, 3.63) is 34.4 Å². The minimum absolute atomic E-state index is 0.331. The van der Waals surface area contributed by atoms with Crippen LogP contribution in [-0.2, 0) is 15.1 Å². The molecule has 1 aromatic carbocycles. The molecule has 0 aliphatic rings. The highest BCUT2D eigenvalue weighted by molar-refractivity contribution is 5.74. The Morgan fingerprint density at radius 1 is 1.25 bits per heavy atom. The summed E-state index contributed by atoms with van der Waals surface area (Å²) >= 11 is 0. The topological polar surface area (TPSA) is 46.5 Å². The maximum atomic E-state index is 12.1. The molecule has 1 rings (SSSR count). The fraction of sp³-hybridized carbons (Fsp3) is 0.588. The van der Waals surface area contributed by atoms with Crippen LogP contribution < -0.4 is 0 Å². The Labute approximate surface area is 122 Å². The van der Waals surface area contributed by atoms with Gasteiger partial charge in [-0.2, -0.15) is 0 Å². The molecule has 3 nitrogen and oxygen atoms in total. The van der Waals surface area contributed by atoms with E-state index in [-0.39, 0.29) is 5.97 Å². The Morgan fingerprint density at radius 2 is 1.75 bits per heavy atom. The molecule has 0 saturated carbocycles. The minimum atomic E-state index is -1.22. The van der Waals surface area contributed by atoms with Gasteiger partial charge in [0.1, 0.15) is 5.60 Å². The van der Waals surface area contributed by atoms with Gasteiger partial charge in [-0.05, 0) is 57.7 Å². The first kappa shape index (κ1) is 16.7. The quantitative estimate of drug-likeness (QED) is 0.840. The standard InChI is InChI=1S/C17H26O3/c1-7-14(16(18)20-8-2)17(6,19)15-12(4)9-11(3)10-13(15)5/h9-10,14,19H,7-8H2,1-6H3. The molecule has 0 aromatic heterocycles. The van der Waals surface area contributed by atoms with Crippen LogP contribution in [0.2, 0.25) is 0 Å². The molecule has 0 bridgehead atoms. The van der Waals surface area contributed by atoms with Crippen LogP contribution in [0.15, 0.2) is 12.1 Å². The molecular weight excluding hydrogens is 252 g/mol. The second-order valence-electron chi connectivity index (χ2n) is 5.63. The molecule has 0 spiro atoms. The first-order valence-corrected chi connectivity index (χ1v) is 7.23. The Kier molecular flexibility index (Phi) is 5.35. The van der Waals surface area contributed by atoms with Crippen molar-refractivity contribution in [3.63, 3.8) is 0 Å². The summed E-state index contributed by atoms with van der Waals surface area (Å²) in [6.07, 6.45) is 0.540. The second kappa shape index (κ2) is 6.40. The summed E-state index contributed by atoms with van der Waals surface area (Å²) in [5, 5.41) is 11.0. The number of hydrogen-bond acceptors (Lipinski definition) is 3. The zero-order chi connectivity index (χ0) is 15.5. The van der Waals surface area contributed by atoms with E-state index < -0.39 is 11.5 Å². The first-order chi connectivity index (χ1) is 9.25. The fourth-order valence-electron chi connectivity index (χ4n) is 3.19. The molecule has 0 saturated heterocycles. The fourth-order valence-corrected chi connectivity index (χ4v) is 3.19. The van der Waals surface area contributed by atoms with Crippen molar-refractivity contribution in [2.75, 3.05) is 6.61 Å². The molecule has 20 heavy (non-hydrogen) atoms. The first-order valence-electron chi connectivity index (χ1n) is 7.23. The third-order valence-corrected chi connectivity index (χ3v) is 3.84. The van der Waals surface area contributed by atoms with E-state index in [1.807, 2.05) is 39.8 Å². The van der Waals surface area contributed by atoms with Gasteiger partial charge >= 0.3 is 5.97 Å². The zero-order valence-electron chi connectivity index (χ0n) is 13.4. The molecule has 1 aromatic rings. The average Bonchev–Trinajstić information content (AvgIpc) is 2.27. The van der Waals surface area contributed by atoms with Crippen LogP contribution in [0.4, 0.5) is 0 Å². The Balaban J connectivity index is 3.30. The van der Waals surface area contributed by atoms with E-state index in [1.165, 1.54) is 0 Å². The molecule has 0 aliphatic carbocycles. The van der Waals surface area contributed by atoms with E-state index in [2.05, 4.69) is 0 Å². The molecule has 0 radical (unpaired) electrons. The van der Waals surface area contributed by atoms with Crippen LogP contribution in [-0.4, -0.2) is 17.7 Å². The van der Waals surface area contributed by atoms with E-state index in [0.717, 1.165) is 22.3 Å². The molecule has 0 fully saturated rings. The monoisotopic (exact) mass is 278 g/mol. The molecule has 112 valence electrons. The number of hydrogen-bond donors (Lipinski definition) is 1. The Bertz CT molecular complexity index is 466. The van der Waals surface area contributed by atoms with Crippen molar-refractivity contribution < 1.29 is 14.6 Å². The van der Waals surface area contributed by atoms with Crippen molar-refractivity contribution in [3.8, 4) is 0 Å². The van der Waals surface area contributed by atoms with Gasteiger partial charge in [-0.15, -0.1) is 0 Å². The van der Waals surface area contributed by atoms with E-state index >= 15 is 0 Å². The molecule has 0 aliphatic heterocycles. The van der Waals surface area contributed by atoms with Crippen LogP contribution in [0.3, 0.4) is 0 Å². The molecule has 1 N–H and O–H groups in total. The lowest BCUT2D eigenvalue weighted by Crippen LogP contribution is -2.39. The highest BCUT2D eigenvalue weighted by Crippen LogP contribution is 2.36. The third kappa shape index (κ3) is 3.21. The summed E-state index contributed by atoms with van der Waals surface area (Å²) in [6, 6.07) is 4.07. The number of carbonyl (C=O) groups excluding carboxylic acids is 1. The van der Waals surface area contributed by atoms with Crippen LogP contribution >= 0.6 is 0 Å². The number of benzene rings is 1. The van der Waals surface area contributed by atoms with E-state index in [0.29, 0.717) is 13.0 Å². The van der Waals surface area contributed by atoms with Crippen LogP contribution in [0.5, 0.6) is 0 Å². The van der Waals surface area contributed by atoms with Gasteiger partial charge in [0, 0.05) is 0 Å². The summed E-state index contributed by atoms with van der Waals surface area (Å²) in [5.74, 6) is -0.887. The smallest absolute Gasteiger partial charge is 0.312 e. The number of ether oxygens (including phenoxy) is 1. The zero-order valence-corrected chi connectivity index (χ0v) is 13.4. The van der Waals surface area contributed by atoms with Gasteiger partial charge in [0.15, 0.2) is 0 Å². The highest BCUT2D eigenvalue weighted by atomic mass is 16.5. The minimum Gasteiger partial charge on any atom is -0.466 e. The maximum Gasteiger partial charge on any atom is 0.312 e. The van der Waals surface area contributed by atoms with Crippen molar-refractivity contribution in [2.24, 2.45) is 5.92 Å². The van der Waals surface area contributed by atoms with Crippen molar-refractivity contribution in [1.29, 1.82) is 0 Å². The Hall–Kier alpha value is -1.35. The summed E-state index contributed by atoms with van der Waals surface area (Å²) in [7, 11) is 0. The van der Waals surface area contributed by atoms with E-state index in [9.17, 15) is 9.90 Å². The predicted octanol–water partition coefficient (Wildman–Crippen LogP) is 3.41. The van der Waals surface area contributed by atoms with E-state index in [1.54, 1.807) is 13.8 Å². The van der Waals surface area contributed by atoms with Gasteiger partial charge in [-0.3, -0.25) is 4.79 Å². The summed E-state index contributed by atoms with van der Waals surface area (Å²) in [4.78, 5) is 12.1. The normalized spacial score (nSPS) is 15.6.